The molecule has 7 heteroatoms. The van der Waals surface area contributed by atoms with Gasteiger partial charge in [-0.2, -0.15) is 4.98 Å². The summed E-state index contributed by atoms with van der Waals surface area (Å²) >= 11 is 0. The Labute approximate surface area is 150 Å². The predicted octanol–water partition coefficient (Wildman–Crippen LogP) is 2.40. The van der Waals surface area contributed by atoms with Crippen LogP contribution in [-0.2, 0) is 0 Å². The fourth-order valence-corrected chi connectivity index (χ4v) is 5.23. The van der Waals surface area contributed by atoms with Crippen LogP contribution >= 0.6 is 0 Å². The van der Waals surface area contributed by atoms with Gasteiger partial charge in [0.25, 0.3) is 0 Å². The van der Waals surface area contributed by atoms with Crippen molar-refractivity contribution in [1.29, 1.82) is 0 Å². The monoisotopic (exact) mass is 357 g/mol. The fourth-order valence-electron chi connectivity index (χ4n) is 5.23. The van der Waals surface area contributed by atoms with Crippen LogP contribution in [0.3, 0.4) is 0 Å². The summed E-state index contributed by atoms with van der Waals surface area (Å²) in [7, 11) is 0. The summed E-state index contributed by atoms with van der Waals surface area (Å²) in [6.45, 7) is 2.74. The Kier molecular flexibility index (Phi) is 3.60. The van der Waals surface area contributed by atoms with Crippen LogP contribution in [0.5, 0.6) is 0 Å². The number of fused-ring (bicyclic) bond motifs is 2. The van der Waals surface area contributed by atoms with Gasteiger partial charge in [-0.3, -0.25) is 4.90 Å². The molecule has 4 saturated heterocycles. The molecule has 2 bridgehead atoms. The van der Waals surface area contributed by atoms with Crippen molar-refractivity contribution in [1.82, 2.24) is 14.9 Å². The van der Waals surface area contributed by atoms with Gasteiger partial charge in [0.15, 0.2) is 0 Å². The minimum atomic E-state index is -0.522. The van der Waals surface area contributed by atoms with Crippen molar-refractivity contribution < 1.29 is 8.78 Å². The van der Waals surface area contributed by atoms with E-state index < -0.39 is 11.6 Å². The third-order valence-electron chi connectivity index (χ3n) is 6.23. The summed E-state index contributed by atoms with van der Waals surface area (Å²) in [5.74, 6) is 0.593. The summed E-state index contributed by atoms with van der Waals surface area (Å²) in [5.41, 5.74) is 6.59. The normalized spacial score (nSPS) is 32.7. The third kappa shape index (κ3) is 2.45. The molecule has 0 saturated carbocycles. The zero-order valence-electron chi connectivity index (χ0n) is 14.4. The molecule has 26 heavy (non-hydrogen) atoms. The van der Waals surface area contributed by atoms with Crippen molar-refractivity contribution in [2.45, 2.75) is 30.8 Å². The number of halogens is 2. The topological polar surface area (TPSA) is 58.3 Å². The molecule has 5 nitrogen and oxygen atoms in total. The van der Waals surface area contributed by atoms with E-state index in [2.05, 4.69) is 19.8 Å². The second-order valence-corrected chi connectivity index (χ2v) is 7.60. The largest absolute Gasteiger partial charge is 0.384 e. The molecule has 136 valence electrons. The first-order valence-corrected chi connectivity index (χ1v) is 9.15. The van der Waals surface area contributed by atoms with Crippen LogP contribution in [0.25, 0.3) is 0 Å². The molecule has 0 amide bonds. The second kappa shape index (κ2) is 5.87. The van der Waals surface area contributed by atoms with E-state index in [0.717, 1.165) is 37.6 Å². The number of aromatic nitrogens is 2. The van der Waals surface area contributed by atoms with Crippen molar-refractivity contribution >= 4 is 11.8 Å². The molecule has 4 fully saturated rings. The number of piperidine rings is 3. The maximum absolute atomic E-state index is 13.9. The Morgan fingerprint density at radius 1 is 1.04 bits per heavy atom. The van der Waals surface area contributed by atoms with Gasteiger partial charge >= 0.3 is 0 Å². The van der Waals surface area contributed by atoms with Crippen LogP contribution in [0, 0.1) is 17.6 Å². The van der Waals surface area contributed by atoms with Gasteiger partial charge in [-0.15, -0.1) is 0 Å². The van der Waals surface area contributed by atoms with Crippen LogP contribution in [0.2, 0.25) is 0 Å². The molecule has 5 heterocycles. The van der Waals surface area contributed by atoms with Gasteiger partial charge in [0.1, 0.15) is 17.5 Å². The summed E-state index contributed by atoms with van der Waals surface area (Å²) in [6.07, 6.45) is 3.96. The lowest BCUT2D eigenvalue weighted by Gasteiger charge is -2.51. The van der Waals surface area contributed by atoms with Crippen molar-refractivity contribution in [3.8, 4) is 0 Å². The molecular formula is C19H21F2N5. The number of hydrogen-bond acceptors (Lipinski definition) is 5. The number of nitrogens with two attached hydrogens (primary N) is 1. The van der Waals surface area contributed by atoms with Crippen molar-refractivity contribution in [2.75, 3.05) is 30.3 Å². The summed E-state index contributed by atoms with van der Waals surface area (Å²) in [5, 5.41) is 0. The smallest absolute Gasteiger partial charge is 0.227 e. The summed E-state index contributed by atoms with van der Waals surface area (Å²) in [6, 6.07) is 6.04. The zero-order chi connectivity index (χ0) is 17.8. The van der Waals surface area contributed by atoms with Crippen LogP contribution in [-0.4, -0.2) is 46.6 Å². The van der Waals surface area contributed by atoms with E-state index >= 15 is 0 Å². The Balaban J connectivity index is 1.58. The van der Waals surface area contributed by atoms with E-state index in [1.165, 1.54) is 12.1 Å². The highest BCUT2D eigenvalue weighted by molar-refractivity contribution is 5.45. The van der Waals surface area contributed by atoms with E-state index in [1.807, 2.05) is 0 Å². The van der Waals surface area contributed by atoms with Gasteiger partial charge in [0.2, 0.25) is 5.95 Å². The van der Waals surface area contributed by atoms with Crippen molar-refractivity contribution in [2.24, 2.45) is 5.92 Å². The van der Waals surface area contributed by atoms with Gasteiger partial charge in [-0.05, 0) is 55.6 Å². The molecule has 0 spiro atoms. The maximum atomic E-state index is 13.9. The lowest BCUT2D eigenvalue weighted by molar-refractivity contribution is 0.0352. The van der Waals surface area contributed by atoms with Crippen LogP contribution < -0.4 is 10.6 Å². The van der Waals surface area contributed by atoms with Gasteiger partial charge < -0.3 is 10.6 Å². The van der Waals surface area contributed by atoms with E-state index in [1.54, 1.807) is 12.3 Å². The zero-order valence-corrected chi connectivity index (χ0v) is 14.4. The molecule has 3 atom stereocenters. The molecule has 0 unspecified atom stereocenters. The molecular weight excluding hydrogens is 336 g/mol. The molecule has 0 radical (unpaired) electrons. The van der Waals surface area contributed by atoms with Gasteiger partial charge in [0.05, 0.1) is 6.04 Å². The first-order valence-electron chi connectivity index (χ1n) is 9.15. The molecule has 0 aliphatic carbocycles. The van der Waals surface area contributed by atoms with E-state index in [0.29, 0.717) is 24.2 Å². The third-order valence-corrected chi connectivity index (χ3v) is 6.23. The SMILES string of the molecule is Nc1ccnc(N2C[C@@H](c3cc(F)cc(F)c3)[C@@H]3[C@H]2C2CCN3CC2)n1. The van der Waals surface area contributed by atoms with Crippen molar-refractivity contribution in [3.63, 3.8) is 0 Å². The molecule has 1 aromatic heterocycles. The number of nitrogens with zero attached hydrogens (tertiary/aromatic N) is 4. The Morgan fingerprint density at radius 3 is 2.46 bits per heavy atom. The number of nitrogen functional groups attached to an aromatic ring is 1. The first-order chi connectivity index (χ1) is 12.6. The summed E-state index contributed by atoms with van der Waals surface area (Å²) in [4.78, 5) is 13.5. The van der Waals surface area contributed by atoms with Gasteiger partial charge in [-0.1, -0.05) is 0 Å². The Hall–Kier alpha value is -2.28. The van der Waals surface area contributed by atoms with Crippen LogP contribution in [0.15, 0.2) is 30.5 Å². The highest BCUT2D eigenvalue weighted by atomic mass is 19.1. The molecule has 1 aromatic carbocycles. The van der Waals surface area contributed by atoms with E-state index in [4.69, 9.17) is 5.73 Å². The quantitative estimate of drug-likeness (QED) is 0.894. The van der Waals surface area contributed by atoms with Crippen molar-refractivity contribution in [3.05, 3.63) is 47.7 Å². The number of anilines is 2. The van der Waals surface area contributed by atoms with E-state index in [-0.39, 0.29) is 18.0 Å². The number of hydrogen-bond donors (Lipinski definition) is 1. The molecule has 2 N–H and O–H groups in total. The summed E-state index contributed by atoms with van der Waals surface area (Å²) < 4.78 is 27.7. The fraction of sp³-hybridized carbons (Fsp3) is 0.474. The molecule has 6 rings (SSSR count). The lowest BCUT2D eigenvalue weighted by atomic mass is 9.75. The number of rotatable bonds is 2. The predicted molar refractivity (Wildman–Crippen MR) is 94.8 cm³/mol. The number of benzene rings is 1. The van der Waals surface area contributed by atoms with E-state index in [9.17, 15) is 8.78 Å². The maximum Gasteiger partial charge on any atom is 0.227 e. The lowest BCUT2D eigenvalue weighted by Crippen LogP contribution is -2.60. The standard InChI is InChI=1S/C19H21F2N5/c20-13-7-12(8-14(21)9-13)15-10-26(19-23-4-1-16(22)24-19)17-11-2-5-25(6-3-11)18(15)17/h1,4,7-9,11,15,17-18H,2-3,5-6,10H2,(H2,22,23,24)/t15-,17+,18+/m0/s1. The Morgan fingerprint density at radius 2 is 1.77 bits per heavy atom. The van der Waals surface area contributed by atoms with Gasteiger partial charge in [0, 0.05) is 30.8 Å². The van der Waals surface area contributed by atoms with Crippen LogP contribution in [0.4, 0.5) is 20.5 Å². The first kappa shape index (κ1) is 15.9. The average Bonchev–Trinajstić information content (AvgIpc) is 3.05. The Bertz CT molecular complexity index is 816. The van der Waals surface area contributed by atoms with Crippen LogP contribution in [0.1, 0.15) is 24.3 Å². The molecule has 4 aliphatic heterocycles. The minimum Gasteiger partial charge on any atom is -0.384 e. The average molecular weight is 357 g/mol. The highest BCUT2D eigenvalue weighted by Crippen LogP contribution is 2.47. The second-order valence-electron chi connectivity index (χ2n) is 7.60. The highest BCUT2D eigenvalue weighted by Gasteiger charge is 2.54. The minimum absolute atomic E-state index is 0.0262. The van der Waals surface area contributed by atoms with Gasteiger partial charge in [-0.25, -0.2) is 13.8 Å². The molecule has 4 aliphatic rings. The molecule has 2 aromatic rings.